The number of nitrogens with one attached hydrogen (secondary N) is 2. The number of anilines is 2. The normalized spacial score (nSPS) is 12.4. The second-order valence-corrected chi connectivity index (χ2v) is 6.32. The van der Waals surface area contributed by atoms with Crippen molar-refractivity contribution in [3.63, 3.8) is 0 Å². The fourth-order valence-electron chi connectivity index (χ4n) is 2.01. The minimum Gasteiger partial charge on any atom is -0.446 e. The number of likely N-dealkylation sites (N-methyl/N-ethyl adjacent to an activating group) is 1. The van der Waals surface area contributed by atoms with Gasteiger partial charge in [0.1, 0.15) is 19.3 Å². The van der Waals surface area contributed by atoms with Crippen LogP contribution in [0.5, 0.6) is 0 Å². The lowest BCUT2D eigenvalue weighted by atomic mass is 10.3. The van der Waals surface area contributed by atoms with Gasteiger partial charge in [-0.2, -0.15) is 0 Å². The molecular formula is C16H26N3O4+. The van der Waals surface area contributed by atoms with Gasteiger partial charge in [0.25, 0.3) is 0 Å². The number of rotatable bonds is 7. The van der Waals surface area contributed by atoms with Gasteiger partial charge in [-0.15, -0.1) is 0 Å². The van der Waals surface area contributed by atoms with Crippen molar-refractivity contribution in [2.75, 3.05) is 52.0 Å². The Kier molecular flexibility index (Phi) is 6.99. The zero-order valence-corrected chi connectivity index (χ0v) is 14.4. The van der Waals surface area contributed by atoms with Crippen molar-refractivity contribution < 1.29 is 23.5 Å². The Morgan fingerprint density at radius 1 is 1.17 bits per heavy atom. The topological polar surface area (TPSA) is 76.7 Å². The van der Waals surface area contributed by atoms with E-state index in [0.29, 0.717) is 15.9 Å². The SMILES string of the molecule is COC(COC(=O)Nc1cccc(NC(C)=O)c1)C[N+](C)(C)C. The first-order chi connectivity index (χ1) is 10.7. The molecule has 0 spiro atoms. The highest BCUT2D eigenvalue weighted by molar-refractivity contribution is 5.90. The molecule has 1 aromatic carbocycles. The Balaban J connectivity index is 2.51. The van der Waals surface area contributed by atoms with Crippen molar-refractivity contribution in [3.05, 3.63) is 24.3 Å². The molecule has 2 amide bonds. The second-order valence-electron chi connectivity index (χ2n) is 6.32. The second kappa shape index (κ2) is 8.50. The van der Waals surface area contributed by atoms with Crippen molar-refractivity contribution in [3.8, 4) is 0 Å². The van der Waals surface area contributed by atoms with Gasteiger partial charge in [0, 0.05) is 25.4 Å². The lowest BCUT2D eigenvalue weighted by Gasteiger charge is -2.28. The van der Waals surface area contributed by atoms with Gasteiger partial charge in [-0.25, -0.2) is 4.79 Å². The van der Waals surface area contributed by atoms with E-state index in [2.05, 4.69) is 10.6 Å². The number of nitrogens with zero attached hydrogens (tertiary/aromatic N) is 1. The summed E-state index contributed by atoms with van der Waals surface area (Å²) in [6.45, 7) is 2.32. The van der Waals surface area contributed by atoms with E-state index in [1.54, 1.807) is 31.4 Å². The lowest BCUT2D eigenvalue weighted by molar-refractivity contribution is -0.873. The Hall–Kier alpha value is -2.12. The summed E-state index contributed by atoms with van der Waals surface area (Å²) in [7, 11) is 7.72. The minimum atomic E-state index is -0.562. The average molecular weight is 324 g/mol. The zero-order valence-electron chi connectivity index (χ0n) is 14.4. The monoisotopic (exact) mass is 324 g/mol. The highest BCUT2D eigenvalue weighted by Crippen LogP contribution is 2.15. The molecule has 0 heterocycles. The maximum atomic E-state index is 11.9. The van der Waals surface area contributed by atoms with Gasteiger partial charge in [-0.05, 0) is 18.2 Å². The molecule has 1 atom stereocenters. The first-order valence-corrected chi connectivity index (χ1v) is 7.34. The Bertz CT molecular complexity index is 540. The van der Waals surface area contributed by atoms with Gasteiger partial charge in [0.15, 0.2) is 0 Å². The van der Waals surface area contributed by atoms with E-state index >= 15 is 0 Å². The molecule has 7 nitrogen and oxygen atoms in total. The van der Waals surface area contributed by atoms with Crippen LogP contribution in [0.4, 0.5) is 16.2 Å². The maximum absolute atomic E-state index is 11.9. The Labute approximate surface area is 137 Å². The van der Waals surface area contributed by atoms with E-state index in [-0.39, 0.29) is 18.6 Å². The summed E-state index contributed by atoms with van der Waals surface area (Å²) in [6, 6.07) is 6.84. The summed E-state index contributed by atoms with van der Waals surface area (Å²) < 4.78 is 11.2. The smallest absolute Gasteiger partial charge is 0.411 e. The molecule has 0 aromatic heterocycles. The van der Waals surface area contributed by atoms with Crippen LogP contribution in [0.25, 0.3) is 0 Å². The molecule has 1 rings (SSSR count). The van der Waals surface area contributed by atoms with Gasteiger partial charge < -0.3 is 19.3 Å². The summed E-state index contributed by atoms with van der Waals surface area (Å²) in [5, 5.41) is 5.28. The third kappa shape index (κ3) is 8.18. The van der Waals surface area contributed by atoms with Gasteiger partial charge in [0.2, 0.25) is 5.91 Å². The average Bonchev–Trinajstić information content (AvgIpc) is 2.42. The molecule has 1 aromatic rings. The number of carbonyl (C=O) groups excluding carboxylic acids is 2. The molecule has 0 bridgehead atoms. The number of hydrogen-bond donors (Lipinski definition) is 2. The van der Waals surface area contributed by atoms with Crippen LogP contribution in [0.15, 0.2) is 24.3 Å². The van der Waals surface area contributed by atoms with Crippen LogP contribution in [-0.4, -0.2) is 64.0 Å². The number of benzene rings is 1. The number of amides is 2. The third-order valence-electron chi connectivity index (χ3n) is 2.91. The van der Waals surface area contributed by atoms with E-state index < -0.39 is 6.09 Å². The number of ether oxygens (including phenoxy) is 2. The van der Waals surface area contributed by atoms with Crippen molar-refractivity contribution >= 4 is 23.4 Å². The summed E-state index contributed by atoms with van der Waals surface area (Å²) in [4.78, 5) is 22.9. The molecule has 7 heteroatoms. The van der Waals surface area contributed by atoms with Crippen LogP contribution < -0.4 is 10.6 Å². The third-order valence-corrected chi connectivity index (χ3v) is 2.91. The van der Waals surface area contributed by atoms with E-state index in [1.165, 1.54) is 6.92 Å². The van der Waals surface area contributed by atoms with E-state index in [4.69, 9.17) is 9.47 Å². The minimum absolute atomic E-state index is 0.170. The predicted molar refractivity (Wildman–Crippen MR) is 89.4 cm³/mol. The standard InChI is InChI=1S/C16H25N3O4/c1-12(20)17-13-7-6-8-14(9-13)18-16(21)23-11-15(22-5)10-19(2,3)4/h6-9,15H,10-11H2,1-5H3,(H-,17,18,20,21)/p+1. The molecule has 2 N–H and O–H groups in total. The lowest BCUT2D eigenvalue weighted by Crippen LogP contribution is -2.44. The summed E-state index contributed by atoms with van der Waals surface area (Å²) in [5.74, 6) is -0.173. The van der Waals surface area contributed by atoms with Crippen molar-refractivity contribution in [2.45, 2.75) is 13.0 Å². The molecule has 0 aliphatic heterocycles. The van der Waals surface area contributed by atoms with Gasteiger partial charge in [0.05, 0.1) is 21.1 Å². The van der Waals surface area contributed by atoms with Gasteiger partial charge in [-0.3, -0.25) is 10.1 Å². The molecule has 0 aliphatic carbocycles. The number of methoxy groups -OCH3 is 1. The zero-order chi connectivity index (χ0) is 17.5. The molecule has 128 valence electrons. The van der Waals surface area contributed by atoms with Crippen LogP contribution in [0.1, 0.15) is 6.92 Å². The number of hydrogen-bond acceptors (Lipinski definition) is 4. The predicted octanol–water partition coefficient (Wildman–Crippen LogP) is 1.91. The summed E-state index contributed by atoms with van der Waals surface area (Å²) >= 11 is 0. The van der Waals surface area contributed by atoms with Crippen LogP contribution >= 0.6 is 0 Å². The van der Waals surface area contributed by atoms with Crippen molar-refractivity contribution in [1.29, 1.82) is 0 Å². The Morgan fingerprint density at radius 2 is 1.78 bits per heavy atom. The molecule has 0 saturated heterocycles. The molecule has 23 heavy (non-hydrogen) atoms. The van der Waals surface area contributed by atoms with Crippen LogP contribution in [0, 0.1) is 0 Å². The van der Waals surface area contributed by atoms with E-state index in [1.807, 2.05) is 21.1 Å². The highest BCUT2D eigenvalue weighted by atomic mass is 16.6. The van der Waals surface area contributed by atoms with Crippen molar-refractivity contribution in [2.24, 2.45) is 0 Å². The first-order valence-electron chi connectivity index (χ1n) is 7.34. The fraction of sp³-hybridized carbons (Fsp3) is 0.500. The highest BCUT2D eigenvalue weighted by Gasteiger charge is 2.19. The summed E-state index contributed by atoms with van der Waals surface area (Å²) in [5.41, 5.74) is 1.15. The fourth-order valence-corrected chi connectivity index (χ4v) is 2.01. The quantitative estimate of drug-likeness (QED) is 0.751. The largest absolute Gasteiger partial charge is 0.446 e. The Morgan fingerprint density at radius 3 is 2.30 bits per heavy atom. The molecule has 0 aliphatic rings. The number of carbonyl (C=O) groups is 2. The van der Waals surface area contributed by atoms with Crippen molar-refractivity contribution in [1.82, 2.24) is 0 Å². The maximum Gasteiger partial charge on any atom is 0.411 e. The summed E-state index contributed by atoms with van der Waals surface area (Å²) in [6.07, 6.45) is -0.736. The molecule has 0 saturated carbocycles. The van der Waals surface area contributed by atoms with Crippen LogP contribution in [0.3, 0.4) is 0 Å². The molecule has 1 unspecified atom stereocenters. The first kappa shape index (κ1) is 18.9. The van der Waals surface area contributed by atoms with Crippen LogP contribution in [-0.2, 0) is 14.3 Å². The van der Waals surface area contributed by atoms with Gasteiger partial charge in [-0.1, -0.05) is 6.07 Å². The van der Waals surface area contributed by atoms with E-state index in [0.717, 1.165) is 6.54 Å². The van der Waals surface area contributed by atoms with E-state index in [9.17, 15) is 9.59 Å². The molecule has 0 fully saturated rings. The van der Waals surface area contributed by atoms with Gasteiger partial charge >= 0.3 is 6.09 Å². The molecule has 0 radical (unpaired) electrons. The number of quaternary nitrogens is 1. The van der Waals surface area contributed by atoms with Crippen LogP contribution in [0.2, 0.25) is 0 Å². The molecular weight excluding hydrogens is 298 g/mol.